The SMILES string of the molecule is CCOC(=O)c1cc2cc(-c3cncs3)cn2c(C)c1C. The number of fused-ring (bicyclic) bond motifs is 1. The minimum Gasteiger partial charge on any atom is -0.462 e. The van der Waals surface area contributed by atoms with Crippen molar-refractivity contribution < 1.29 is 9.53 Å². The maximum Gasteiger partial charge on any atom is 0.338 e. The van der Waals surface area contributed by atoms with Gasteiger partial charge in [0.1, 0.15) is 0 Å². The molecule has 0 saturated heterocycles. The molecule has 5 heteroatoms. The Labute approximate surface area is 127 Å². The number of rotatable bonds is 3. The number of hydrogen-bond donors (Lipinski definition) is 0. The third kappa shape index (κ3) is 2.34. The largest absolute Gasteiger partial charge is 0.462 e. The fourth-order valence-electron chi connectivity index (χ4n) is 2.43. The molecule has 0 N–H and O–H groups in total. The minimum absolute atomic E-state index is 0.263. The van der Waals surface area contributed by atoms with Crippen LogP contribution < -0.4 is 0 Å². The second-order valence-electron chi connectivity index (χ2n) is 4.88. The Bertz CT molecular complexity index is 803. The van der Waals surface area contributed by atoms with E-state index in [4.69, 9.17) is 4.74 Å². The number of nitrogens with zero attached hydrogens (tertiary/aromatic N) is 2. The van der Waals surface area contributed by atoms with E-state index in [2.05, 4.69) is 21.6 Å². The van der Waals surface area contributed by atoms with Gasteiger partial charge in [-0.15, -0.1) is 11.3 Å². The van der Waals surface area contributed by atoms with Gasteiger partial charge in [-0.05, 0) is 38.5 Å². The Balaban J connectivity index is 2.17. The molecule has 0 fully saturated rings. The van der Waals surface area contributed by atoms with E-state index >= 15 is 0 Å². The van der Waals surface area contributed by atoms with Gasteiger partial charge >= 0.3 is 5.97 Å². The molecular formula is C16H16N2O2S. The zero-order valence-corrected chi connectivity index (χ0v) is 13.0. The van der Waals surface area contributed by atoms with Crippen molar-refractivity contribution in [2.24, 2.45) is 0 Å². The first-order valence-electron chi connectivity index (χ1n) is 6.80. The number of pyridine rings is 1. The van der Waals surface area contributed by atoms with E-state index in [1.807, 2.05) is 38.5 Å². The molecule has 0 atom stereocenters. The van der Waals surface area contributed by atoms with Crippen LogP contribution in [0.2, 0.25) is 0 Å². The number of thiazole rings is 1. The zero-order chi connectivity index (χ0) is 15.0. The summed E-state index contributed by atoms with van der Waals surface area (Å²) in [5, 5.41) is 0. The summed E-state index contributed by atoms with van der Waals surface area (Å²) in [7, 11) is 0. The van der Waals surface area contributed by atoms with Gasteiger partial charge in [-0.2, -0.15) is 0 Å². The summed E-state index contributed by atoms with van der Waals surface area (Å²) in [6.45, 7) is 6.17. The summed E-state index contributed by atoms with van der Waals surface area (Å²) in [5.74, 6) is -0.263. The van der Waals surface area contributed by atoms with Crippen LogP contribution >= 0.6 is 11.3 Å². The lowest BCUT2D eigenvalue weighted by Gasteiger charge is -2.10. The lowest BCUT2D eigenvalue weighted by molar-refractivity contribution is 0.0525. The topological polar surface area (TPSA) is 43.6 Å². The molecule has 108 valence electrons. The molecule has 0 spiro atoms. The lowest BCUT2D eigenvalue weighted by Crippen LogP contribution is -2.09. The van der Waals surface area contributed by atoms with Crippen LogP contribution in [-0.2, 0) is 4.74 Å². The van der Waals surface area contributed by atoms with Gasteiger partial charge in [0.25, 0.3) is 0 Å². The van der Waals surface area contributed by atoms with E-state index in [1.165, 1.54) is 0 Å². The molecule has 3 aromatic rings. The highest BCUT2D eigenvalue weighted by Crippen LogP contribution is 2.28. The quantitative estimate of drug-likeness (QED) is 0.690. The van der Waals surface area contributed by atoms with Crippen molar-refractivity contribution in [3.8, 4) is 10.4 Å². The van der Waals surface area contributed by atoms with Crippen LogP contribution in [0.1, 0.15) is 28.5 Å². The molecule has 21 heavy (non-hydrogen) atoms. The van der Waals surface area contributed by atoms with E-state index in [0.29, 0.717) is 12.2 Å². The predicted molar refractivity (Wildman–Crippen MR) is 83.9 cm³/mol. The van der Waals surface area contributed by atoms with E-state index in [-0.39, 0.29) is 5.97 Å². The standard InChI is InChI=1S/C16H16N2O2S/c1-4-20-16(19)14-6-13-5-12(15-7-17-9-21-15)8-18(13)11(3)10(14)2/h5-9H,4H2,1-3H3. The molecule has 0 bridgehead atoms. The van der Waals surface area contributed by atoms with Crippen molar-refractivity contribution in [2.45, 2.75) is 20.8 Å². The Hall–Kier alpha value is -2.14. The van der Waals surface area contributed by atoms with E-state index in [9.17, 15) is 4.79 Å². The second-order valence-corrected chi connectivity index (χ2v) is 5.76. The number of esters is 1. The fourth-order valence-corrected chi connectivity index (χ4v) is 3.03. The van der Waals surface area contributed by atoms with Crippen molar-refractivity contribution in [1.29, 1.82) is 0 Å². The van der Waals surface area contributed by atoms with Gasteiger partial charge < -0.3 is 9.14 Å². The first-order chi connectivity index (χ1) is 10.1. The number of carbonyl (C=O) groups excluding carboxylic acids is 1. The number of carbonyl (C=O) groups is 1. The van der Waals surface area contributed by atoms with Gasteiger partial charge in [0.05, 0.1) is 22.6 Å². The smallest absolute Gasteiger partial charge is 0.338 e. The summed E-state index contributed by atoms with van der Waals surface area (Å²) in [4.78, 5) is 17.3. The highest BCUT2D eigenvalue weighted by Gasteiger charge is 2.15. The predicted octanol–water partition coefficient (Wildman–Crippen LogP) is 3.86. The maximum atomic E-state index is 12.1. The molecule has 0 radical (unpaired) electrons. The van der Waals surface area contributed by atoms with Gasteiger partial charge in [-0.1, -0.05) is 0 Å². The molecule has 3 rings (SSSR count). The first-order valence-corrected chi connectivity index (χ1v) is 7.68. The summed E-state index contributed by atoms with van der Waals surface area (Å²) in [6, 6.07) is 3.97. The highest BCUT2D eigenvalue weighted by molar-refractivity contribution is 7.13. The zero-order valence-electron chi connectivity index (χ0n) is 12.2. The molecule has 4 nitrogen and oxygen atoms in total. The number of aromatic nitrogens is 2. The molecule has 0 aromatic carbocycles. The van der Waals surface area contributed by atoms with Crippen molar-refractivity contribution in [1.82, 2.24) is 9.38 Å². The van der Waals surface area contributed by atoms with Crippen molar-refractivity contribution in [2.75, 3.05) is 6.61 Å². The van der Waals surface area contributed by atoms with Gasteiger partial charge in [0, 0.05) is 29.2 Å². The average Bonchev–Trinajstić information content (AvgIpc) is 3.11. The van der Waals surface area contributed by atoms with Gasteiger partial charge in [-0.3, -0.25) is 4.98 Å². The van der Waals surface area contributed by atoms with Gasteiger partial charge in [0.15, 0.2) is 0 Å². The Morgan fingerprint density at radius 1 is 1.38 bits per heavy atom. The van der Waals surface area contributed by atoms with Crippen LogP contribution in [0.3, 0.4) is 0 Å². The molecule has 3 aromatic heterocycles. The molecular weight excluding hydrogens is 284 g/mol. The molecule has 0 aliphatic carbocycles. The monoisotopic (exact) mass is 300 g/mol. The van der Waals surface area contributed by atoms with E-state index in [1.54, 1.807) is 11.3 Å². The second kappa shape index (κ2) is 5.33. The van der Waals surface area contributed by atoms with Gasteiger partial charge in [-0.25, -0.2) is 4.79 Å². The van der Waals surface area contributed by atoms with E-state index in [0.717, 1.165) is 27.2 Å². The van der Waals surface area contributed by atoms with Crippen LogP contribution in [0.15, 0.2) is 30.0 Å². The Morgan fingerprint density at radius 2 is 2.19 bits per heavy atom. The third-order valence-corrected chi connectivity index (χ3v) is 4.48. The van der Waals surface area contributed by atoms with E-state index < -0.39 is 0 Å². The normalized spacial score (nSPS) is 11.0. The lowest BCUT2D eigenvalue weighted by atomic mass is 10.1. The van der Waals surface area contributed by atoms with Crippen molar-refractivity contribution in [3.05, 3.63) is 46.9 Å². The minimum atomic E-state index is -0.263. The van der Waals surface area contributed by atoms with Crippen LogP contribution in [-0.4, -0.2) is 22.0 Å². The van der Waals surface area contributed by atoms with Gasteiger partial charge in [0.2, 0.25) is 0 Å². The summed E-state index contributed by atoms with van der Waals surface area (Å²) in [6.07, 6.45) is 3.94. The highest BCUT2D eigenvalue weighted by atomic mass is 32.1. The number of aryl methyl sites for hydroxylation is 1. The van der Waals surface area contributed by atoms with Crippen molar-refractivity contribution >= 4 is 22.8 Å². The molecule has 3 heterocycles. The fraction of sp³-hybridized carbons (Fsp3) is 0.250. The first kappa shape index (κ1) is 13.8. The molecule has 0 aliphatic rings. The number of hydrogen-bond acceptors (Lipinski definition) is 4. The molecule has 0 amide bonds. The van der Waals surface area contributed by atoms with Crippen molar-refractivity contribution in [3.63, 3.8) is 0 Å². The Kier molecular flexibility index (Phi) is 3.51. The number of ether oxygens (including phenoxy) is 1. The maximum absolute atomic E-state index is 12.1. The van der Waals surface area contributed by atoms with Crippen LogP contribution in [0, 0.1) is 13.8 Å². The summed E-state index contributed by atoms with van der Waals surface area (Å²) >= 11 is 1.60. The molecule has 0 aliphatic heterocycles. The molecule has 0 saturated carbocycles. The molecule has 0 unspecified atom stereocenters. The van der Waals surface area contributed by atoms with Crippen LogP contribution in [0.5, 0.6) is 0 Å². The summed E-state index contributed by atoms with van der Waals surface area (Å²) < 4.78 is 7.24. The summed E-state index contributed by atoms with van der Waals surface area (Å²) in [5.41, 5.74) is 6.56. The Morgan fingerprint density at radius 3 is 2.86 bits per heavy atom. The third-order valence-electron chi connectivity index (χ3n) is 3.66. The van der Waals surface area contributed by atoms with Crippen LogP contribution in [0.4, 0.5) is 0 Å². The average molecular weight is 300 g/mol. The van der Waals surface area contributed by atoms with Crippen LogP contribution in [0.25, 0.3) is 16.0 Å².